The number of benzene rings is 1. The van der Waals surface area contributed by atoms with Crippen molar-refractivity contribution in [2.75, 3.05) is 19.7 Å². The minimum atomic E-state index is -0.175. The topological polar surface area (TPSA) is 51.9 Å². The Bertz CT molecular complexity index is 678. The van der Waals surface area contributed by atoms with Crippen molar-refractivity contribution >= 4 is 12.0 Å². The van der Waals surface area contributed by atoms with Crippen LogP contribution in [0.1, 0.15) is 12.7 Å². The molecule has 5 nitrogen and oxygen atoms in total. The SMILES string of the molecule is CCN(CC1COc2ccccc2O1)C(=O)/C=C/c1ccco1. The number of carbonyl (C=O) groups excluding carboxylic acids is 1. The number of hydrogen-bond acceptors (Lipinski definition) is 4. The summed E-state index contributed by atoms with van der Waals surface area (Å²) < 4.78 is 16.8. The molecule has 3 rings (SSSR count). The number of ether oxygens (including phenoxy) is 2. The first-order chi connectivity index (χ1) is 11.3. The summed E-state index contributed by atoms with van der Waals surface area (Å²) in [5.41, 5.74) is 0. The van der Waals surface area contributed by atoms with Gasteiger partial charge in [0.15, 0.2) is 17.6 Å². The van der Waals surface area contributed by atoms with E-state index in [9.17, 15) is 4.79 Å². The fourth-order valence-corrected chi connectivity index (χ4v) is 2.42. The zero-order chi connectivity index (χ0) is 16.1. The van der Waals surface area contributed by atoms with Crippen LogP contribution in [-0.2, 0) is 4.79 Å². The highest BCUT2D eigenvalue weighted by atomic mass is 16.6. The number of rotatable bonds is 5. The van der Waals surface area contributed by atoms with E-state index >= 15 is 0 Å². The van der Waals surface area contributed by atoms with Gasteiger partial charge in [0.25, 0.3) is 0 Å². The van der Waals surface area contributed by atoms with E-state index in [1.165, 1.54) is 6.08 Å². The van der Waals surface area contributed by atoms with Crippen LogP contribution in [0.2, 0.25) is 0 Å². The highest BCUT2D eigenvalue weighted by Crippen LogP contribution is 2.31. The number of furan rings is 1. The third kappa shape index (κ3) is 3.74. The van der Waals surface area contributed by atoms with Crippen LogP contribution in [0.25, 0.3) is 6.08 Å². The summed E-state index contributed by atoms with van der Waals surface area (Å²) in [6, 6.07) is 11.1. The predicted octanol–water partition coefficient (Wildman–Crippen LogP) is 2.98. The normalized spacial score (nSPS) is 16.5. The number of carbonyl (C=O) groups is 1. The molecule has 1 aliphatic heterocycles. The van der Waals surface area contributed by atoms with Crippen molar-refractivity contribution in [3.63, 3.8) is 0 Å². The fraction of sp³-hybridized carbons (Fsp3) is 0.278. The summed E-state index contributed by atoms with van der Waals surface area (Å²) in [5.74, 6) is 2.04. The molecule has 0 radical (unpaired) electrons. The van der Waals surface area contributed by atoms with E-state index in [-0.39, 0.29) is 12.0 Å². The molecule has 1 aliphatic rings. The first kappa shape index (κ1) is 15.2. The molecule has 0 fully saturated rings. The third-order valence-corrected chi connectivity index (χ3v) is 3.62. The molecule has 0 saturated heterocycles. The van der Waals surface area contributed by atoms with Gasteiger partial charge < -0.3 is 18.8 Å². The van der Waals surface area contributed by atoms with Crippen LogP contribution >= 0.6 is 0 Å². The molecule has 1 aromatic carbocycles. The third-order valence-electron chi connectivity index (χ3n) is 3.62. The molecule has 1 atom stereocenters. The molecular weight excluding hydrogens is 294 g/mol. The quantitative estimate of drug-likeness (QED) is 0.796. The van der Waals surface area contributed by atoms with E-state index < -0.39 is 0 Å². The van der Waals surface area contributed by atoms with E-state index in [2.05, 4.69) is 0 Å². The van der Waals surface area contributed by atoms with Crippen molar-refractivity contribution in [1.29, 1.82) is 0 Å². The molecule has 1 aromatic heterocycles. The highest BCUT2D eigenvalue weighted by molar-refractivity contribution is 5.91. The van der Waals surface area contributed by atoms with Crippen molar-refractivity contribution in [2.45, 2.75) is 13.0 Å². The minimum Gasteiger partial charge on any atom is -0.486 e. The molecule has 1 amide bonds. The van der Waals surface area contributed by atoms with Crippen molar-refractivity contribution in [2.24, 2.45) is 0 Å². The summed E-state index contributed by atoms with van der Waals surface area (Å²) in [6.07, 6.45) is 4.58. The Balaban J connectivity index is 1.60. The van der Waals surface area contributed by atoms with Gasteiger partial charge in [0.2, 0.25) is 5.91 Å². The molecule has 0 aliphatic carbocycles. The Kier molecular flexibility index (Phi) is 4.66. The molecule has 1 unspecified atom stereocenters. The van der Waals surface area contributed by atoms with Crippen LogP contribution in [0, 0.1) is 0 Å². The molecule has 120 valence electrons. The second kappa shape index (κ2) is 7.05. The van der Waals surface area contributed by atoms with Crippen LogP contribution in [0.15, 0.2) is 53.2 Å². The Morgan fingerprint density at radius 1 is 1.26 bits per heavy atom. The largest absolute Gasteiger partial charge is 0.486 e. The van der Waals surface area contributed by atoms with Gasteiger partial charge in [-0.15, -0.1) is 0 Å². The average Bonchev–Trinajstić information content (AvgIpc) is 3.11. The van der Waals surface area contributed by atoms with Gasteiger partial charge in [-0.05, 0) is 37.3 Å². The smallest absolute Gasteiger partial charge is 0.246 e. The molecule has 2 aromatic rings. The lowest BCUT2D eigenvalue weighted by Crippen LogP contribution is -2.43. The molecule has 0 spiro atoms. The fourth-order valence-electron chi connectivity index (χ4n) is 2.42. The Morgan fingerprint density at radius 3 is 2.83 bits per heavy atom. The van der Waals surface area contributed by atoms with Crippen molar-refractivity contribution in [3.05, 3.63) is 54.5 Å². The molecule has 23 heavy (non-hydrogen) atoms. The standard InChI is InChI=1S/C18H19NO4/c1-2-19(18(20)10-9-14-6-5-11-21-14)12-15-13-22-16-7-3-4-8-17(16)23-15/h3-11,15H,2,12-13H2,1H3/b10-9+. The number of amides is 1. The highest BCUT2D eigenvalue weighted by Gasteiger charge is 2.23. The van der Waals surface area contributed by atoms with Crippen LogP contribution in [0.4, 0.5) is 0 Å². The monoisotopic (exact) mass is 313 g/mol. The number of likely N-dealkylation sites (N-methyl/N-ethyl adjacent to an activating group) is 1. The van der Waals surface area contributed by atoms with Crippen LogP contribution in [-0.4, -0.2) is 36.6 Å². The summed E-state index contributed by atoms with van der Waals surface area (Å²) in [7, 11) is 0. The molecule has 2 heterocycles. The van der Waals surface area contributed by atoms with Gasteiger partial charge in [0.1, 0.15) is 12.4 Å². The lowest BCUT2D eigenvalue weighted by atomic mass is 10.2. The van der Waals surface area contributed by atoms with Crippen molar-refractivity contribution in [1.82, 2.24) is 4.90 Å². The minimum absolute atomic E-state index is 0.0774. The summed E-state index contributed by atoms with van der Waals surface area (Å²) in [4.78, 5) is 14.0. The number of hydrogen-bond donors (Lipinski definition) is 0. The average molecular weight is 313 g/mol. The first-order valence-electron chi connectivity index (χ1n) is 7.65. The molecular formula is C18H19NO4. The predicted molar refractivity (Wildman–Crippen MR) is 86.3 cm³/mol. The maximum atomic E-state index is 12.3. The Morgan fingerprint density at radius 2 is 2.09 bits per heavy atom. The number of para-hydroxylation sites is 2. The maximum Gasteiger partial charge on any atom is 0.246 e. The van der Waals surface area contributed by atoms with Gasteiger partial charge in [-0.2, -0.15) is 0 Å². The van der Waals surface area contributed by atoms with Crippen LogP contribution < -0.4 is 9.47 Å². The Hall–Kier alpha value is -2.69. The van der Waals surface area contributed by atoms with Gasteiger partial charge in [0, 0.05) is 12.6 Å². The molecule has 0 saturated carbocycles. The van der Waals surface area contributed by atoms with Gasteiger partial charge in [-0.25, -0.2) is 0 Å². The van der Waals surface area contributed by atoms with Crippen molar-refractivity contribution in [3.8, 4) is 11.5 Å². The van der Waals surface area contributed by atoms with Crippen molar-refractivity contribution < 1.29 is 18.7 Å². The van der Waals surface area contributed by atoms with E-state index in [1.54, 1.807) is 29.4 Å². The van der Waals surface area contributed by atoms with E-state index in [1.807, 2.05) is 31.2 Å². The second-order valence-corrected chi connectivity index (χ2v) is 5.22. The molecule has 0 bridgehead atoms. The lowest BCUT2D eigenvalue weighted by Gasteiger charge is -2.30. The zero-order valence-corrected chi connectivity index (χ0v) is 13.0. The van der Waals surface area contributed by atoms with Crippen LogP contribution in [0.3, 0.4) is 0 Å². The van der Waals surface area contributed by atoms with E-state index in [4.69, 9.17) is 13.9 Å². The maximum absolute atomic E-state index is 12.3. The Labute approximate surface area is 135 Å². The second-order valence-electron chi connectivity index (χ2n) is 5.22. The molecule has 5 heteroatoms. The van der Waals surface area contributed by atoms with Gasteiger partial charge in [-0.1, -0.05) is 12.1 Å². The number of fused-ring (bicyclic) bond motifs is 1. The van der Waals surface area contributed by atoms with Gasteiger partial charge in [-0.3, -0.25) is 4.79 Å². The van der Waals surface area contributed by atoms with E-state index in [0.29, 0.717) is 25.5 Å². The summed E-state index contributed by atoms with van der Waals surface area (Å²) in [6.45, 7) is 3.45. The zero-order valence-electron chi connectivity index (χ0n) is 13.0. The van der Waals surface area contributed by atoms with Gasteiger partial charge >= 0.3 is 0 Å². The van der Waals surface area contributed by atoms with Crippen LogP contribution in [0.5, 0.6) is 11.5 Å². The summed E-state index contributed by atoms with van der Waals surface area (Å²) >= 11 is 0. The number of nitrogens with zero attached hydrogens (tertiary/aromatic N) is 1. The molecule has 0 N–H and O–H groups in total. The lowest BCUT2D eigenvalue weighted by molar-refractivity contribution is -0.127. The summed E-state index contributed by atoms with van der Waals surface area (Å²) in [5, 5.41) is 0. The van der Waals surface area contributed by atoms with Gasteiger partial charge in [0.05, 0.1) is 12.8 Å². The van der Waals surface area contributed by atoms with E-state index in [0.717, 1.165) is 11.5 Å². The first-order valence-corrected chi connectivity index (χ1v) is 7.65.